The Hall–Kier alpha value is -2.03. The SMILES string of the molecule is CCC1(O)CC(S(=O)(=O)c2cc(C(=O)Nc3ccc(F)c(F)c3)ccc2Cl)C1. The summed E-state index contributed by atoms with van der Waals surface area (Å²) in [5, 5.41) is 11.7. The third kappa shape index (κ3) is 3.90. The van der Waals surface area contributed by atoms with Crippen LogP contribution in [-0.2, 0) is 9.84 Å². The Labute approximate surface area is 166 Å². The third-order valence-corrected chi connectivity index (χ3v) is 7.59. The molecule has 0 saturated heterocycles. The fourth-order valence-corrected chi connectivity index (χ4v) is 5.60. The molecule has 3 rings (SSSR count). The van der Waals surface area contributed by atoms with Crippen LogP contribution in [0.4, 0.5) is 14.5 Å². The van der Waals surface area contributed by atoms with Gasteiger partial charge in [0.2, 0.25) is 0 Å². The van der Waals surface area contributed by atoms with E-state index in [1.807, 2.05) is 0 Å². The maximum absolute atomic E-state index is 13.3. The van der Waals surface area contributed by atoms with Gasteiger partial charge in [-0.15, -0.1) is 0 Å². The van der Waals surface area contributed by atoms with Gasteiger partial charge in [-0.05, 0) is 49.6 Å². The number of benzene rings is 2. The molecule has 0 radical (unpaired) electrons. The lowest BCUT2D eigenvalue weighted by Crippen LogP contribution is -2.50. The quantitative estimate of drug-likeness (QED) is 0.753. The zero-order chi connectivity index (χ0) is 20.7. The van der Waals surface area contributed by atoms with Crippen molar-refractivity contribution >= 4 is 33.0 Å². The van der Waals surface area contributed by atoms with Crippen LogP contribution in [0, 0.1) is 11.6 Å². The van der Waals surface area contributed by atoms with Gasteiger partial charge in [-0.3, -0.25) is 4.79 Å². The standard InChI is InChI=1S/C19H18ClF2NO4S/c1-2-19(25)9-13(10-19)28(26,27)17-7-11(3-5-14(17)20)18(24)23-12-4-6-15(21)16(22)8-12/h3-8,13,25H,2,9-10H2,1H3,(H,23,24). The number of halogens is 3. The minimum atomic E-state index is -3.84. The molecule has 2 N–H and O–H groups in total. The topological polar surface area (TPSA) is 83.5 Å². The van der Waals surface area contributed by atoms with Gasteiger partial charge in [0.05, 0.1) is 20.8 Å². The molecule has 0 aliphatic heterocycles. The monoisotopic (exact) mass is 429 g/mol. The van der Waals surface area contributed by atoms with E-state index >= 15 is 0 Å². The van der Waals surface area contributed by atoms with E-state index in [2.05, 4.69) is 5.32 Å². The molecule has 0 unspecified atom stereocenters. The minimum Gasteiger partial charge on any atom is -0.390 e. The fourth-order valence-electron chi connectivity index (χ4n) is 3.12. The largest absolute Gasteiger partial charge is 0.390 e. The molecule has 1 amide bonds. The van der Waals surface area contributed by atoms with Crippen LogP contribution in [0.2, 0.25) is 5.02 Å². The average molecular weight is 430 g/mol. The zero-order valence-corrected chi connectivity index (χ0v) is 16.4. The fraction of sp³-hybridized carbons (Fsp3) is 0.316. The summed E-state index contributed by atoms with van der Waals surface area (Å²) in [6, 6.07) is 6.65. The van der Waals surface area contributed by atoms with Crippen LogP contribution in [-0.4, -0.2) is 30.3 Å². The Kier molecular flexibility index (Phi) is 5.49. The van der Waals surface area contributed by atoms with Gasteiger partial charge in [-0.2, -0.15) is 0 Å². The summed E-state index contributed by atoms with van der Waals surface area (Å²) in [5.74, 6) is -2.87. The second-order valence-corrected chi connectivity index (χ2v) is 9.49. The first kappa shape index (κ1) is 20.7. The second kappa shape index (κ2) is 7.42. The van der Waals surface area contributed by atoms with Gasteiger partial charge in [-0.25, -0.2) is 17.2 Å². The van der Waals surface area contributed by atoms with Crippen molar-refractivity contribution < 1.29 is 27.1 Å². The Morgan fingerprint density at radius 3 is 2.50 bits per heavy atom. The summed E-state index contributed by atoms with van der Waals surface area (Å²) in [4.78, 5) is 12.2. The number of carbonyl (C=O) groups is 1. The predicted molar refractivity (Wildman–Crippen MR) is 101 cm³/mol. The summed E-state index contributed by atoms with van der Waals surface area (Å²) in [6.07, 6.45) is 0.657. The van der Waals surface area contributed by atoms with Gasteiger partial charge in [-0.1, -0.05) is 18.5 Å². The van der Waals surface area contributed by atoms with E-state index in [4.69, 9.17) is 11.6 Å². The van der Waals surface area contributed by atoms with Crippen LogP contribution in [0.5, 0.6) is 0 Å². The molecule has 28 heavy (non-hydrogen) atoms. The highest BCUT2D eigenvalue weighted by atomic mass is 35.5. The van der Waals surface area contributed by atoms with Crippen molar-refractivity contribution in [1.82, 2.24) is 0 Å². The van der Waals surface area contributed by atoms with Gasteiger partial charge >= 0.3 is 0 Å². The van der Waals surface area contributed by atoms with E-state index in [-0.39, 0.29) is 34.0 Å². The van der Waals surface area contributed by atoms with Crippen molar-refractivity contribution in [1.29, 1.82) is 0 Å². The molecule has 1 aliphatic carbocycles. The van der Waals surface area contributed by atoms with E-state index in [1.54, 1.807) is 6.92 Å². The summed E-state index contributed by atoms with van der Waals surface area (Å²) in [6.45, 7) is 1.78. The molecule has 1 aliphatic rings. The van der Waals surface area contributed by atoms with Crippen LogP contribution >= 0.6 is 11.6 Å². The molecule has 5 nitrogen and oxygen atoms in total. The van der Waals surface area contributed by atoms with Crippen LogP contribution in [0.3, 0.4) is 0 Å². The molecule has 9 heteroatoms. The lowest BCUT2D eigenvalue weighted by atomic mass is 9.78. The average Bonchev–Trinajstić information content (AvgIpc) is 2.62. The number of rotatable bonds is 5. The first-order chi connectivity index (χ1) is 13.1. The smallest absolute Gasteiger partial charge is 0.255 e. The third-order valence-electron chi connectivity index (χ3n) is 4.99. The number of amides is 1. The number of nitrogens with one attached hydrogen (secondary N) is 1. The molecule has 0 atom stereocenters. The number of carbonyl (C=O) groups excluding carboxylic acids is 1. The highest BCUT2D eigenvalue weighted by molar-refractivity contribution is 7.92. The lowest BCUT2D eigenvalue weighted by Gasteiger charge is -2.42. The molecule has 2 aromatic rings. The van der Waals surface area contributed by atoms with Crippen LogP contribution in [0.15, 0.2) is 41.3 Å². The first-order valence-corrected chi connectivity index (χ1v) is 10.5. The Balaban J connectivity index is 1.85. The summed E-state index contributed by atoms with van der Waals surface area (Å²) in [5.41, 5.74) is -0.973. The zero-order valence-electron chi connectivity index (χ0n) is 14.9. The highest BCUT2D eigenvalue weighted by Gasteiger charge is 2.48. The van der Waals surface area contributed by atoms with Gasteiger partial charge in [0.25, 0.3) is 5.91 Å². The van der Waals surface area contributed by atoms with E-state index < -0.39 is 38.2 Å². The van der Waals surface area contributed by atoms with Crippen molar-refractivity contribution in [3.05, 3.63) is 58.6 Å². The molecule has 1 fully saturated rings. The van der Waals surface area contributed by atoms with Crippen molar-refractivity contribution in [3.8, 4) is 0 Å². The Morgan fingerprint density at radius 2 is 1.89 bits per heavy atom. The molecular formula is C19H18ClF2NO4S. The van der Waals surface area contributed by atoms with E-state index in [9.17, 15) is 27.1 Å². The molecule has 0 heterocycles. The van der Waals surface area contributed by atoms with Crippen molar-refractivity contribution in [2.75, 3.05) is 5.32 Å². The number of anilines is 1. The van der Waals surface area contributed by atoms with Gasteiger partial charge in [0, 0.05) is 17.3 Å². The Morgan fingerprint density at radius 1 is 1.21 bits per heavy atom. The number of hydrogen-bond donors (Lipinski definition) is 2. The van der Waals surface area contributed by atoms with Crippen LogP contribution in [0.1, 0.15) is 36.5 Å². The van der Waals surface area contributed by atoms with Gasteiger partial charge < -0.3 is 10.4 Å². The minimum absolute atomic E-state index is 0.00205. The second-order valence-electron chi connectivity index (χ2n) is 6.88. The van der Waals surface area contributed by atoms with E-state index in [1.165, 1.54) is 18.2 Å². The predicted octanol–water partition coefficient (Wildman–Crippen LogP) is 3.95. The maximum Gasteiger partial charge on any atom is 0.255 e. The molecule has 150 valence electrons. The van der Waals surface area contributed by atoms with E-state index in [0.29, 0.717) is 6.42 Å². The van der Waals surface area contributed by atoms with Crippen molar-refractivity contribution in [2.45, 2.75) is 41.9 Å². The number of aliphatic hydroxyl groups is 1. The first-order valence-electron chi connectivity index (χ1n) is 8.58. The van der Waals surface area contributed by atoms with Crippen LogP contribution in [0.25, 0.3) is 0 Å². The van der Waals surface area contributed by atoms with Gasteiger partial charge in [0.15, 0.2) is 21.5 Å². The summed E-state index contributed by atoms with van der Waals surface area (Å²) in [7, 11) is -3.84. The number of hydrogen-bond acceptors (Lipinski definition) is 4. The van der Waals surface area contributed by atoms with Crippen LogP contribution < -0.4 is 5.32 Å². The maximum atomic E-state index is 13.3. The van der Waals surface area contributed by atoms with Gasteiger partial charge in [0.1, 0.15) is 0 Å². The molecule has 0 aromatic heterocycles. The highest BCUT2D eigenvalue weighted by Crippen LogP contribution is 2.42. The van der Waals surface area contributed by atoms with Crippen molar-refractivity contribution in [2.24, 2.45) is 0 Å². The molecule has 2 aromatic carbocycles. The number of sulfone groups is 1. The lowest BCUT2D eigenvalue weighted by molar-refractivity contribution is -0.0329. The summed E-state index contributed by atoms with van der Waals surface area (Å²) < 4.78 is 52.0. The molecular weight excluding hydrogens is 412 g/mol. The normalized spacial score (nSPS) is 21.8. The summed E-state index contributed by atoms with van der Waals surface area (Å²) >= 11 is 6.05. The molecule has 0 spiro atoms. The van der Waals surface area contributed by atoms with Crippen molar-refractivity contribution in [3.63, 3.8) is 0 Å². The molecule has 0 bridgehead atoms. The Bertz CT molecular complexity index is 1040. The van der Waals surface area contributed by atoms with E-state index in [0.717, 1.165) is 18.2 Å². The molecule has 1 saturated carbocycles.